The molecule has 4 aromatic carbocycles. The summed E-state index contributed by atoms with van der Waals surface area (Å²) in [5, 5.41) is 14.6. The highest BCUT2D eigenvalue weighted by Crippen LogP contribution is 2.50. The molecule has 1 aliphatic carbocycles. The van der Waals surface area contributed by atoms with Crippen LogP contribution in [0, 0.1) is 5.92 Å². The van der Waals surface area contributed by atoms with Gasteiger partial charge in [-0.25, -0.2) is 13.2 Å². The molecule has 6 nitrogen and oxygen atoms in total. The Labute approximate surface area is 209 Å². The van der Waals surface area contributed by atoms with Crippen molar-refractivity contribution < 1.29 is 18.3 Å². The van der Waals surface area contributed by atoms with Crippen LogP contribution in [0.3, 0.4) is 0 Å². The molecule has 0 radical (unpaired) electrons. The fourth-order valence-corrected chi connectivity index (χ4v) is 6.54. The summed E-state index contributed by atoms with van der Waals surface area (Å²) in [5.41, 5.74) is 3.66. The number of carboxylic acid groups (broad SMARTS) is 1. The van der Waals surface area contributed by atoms with Crippen LogP contribution in [0.2, 0.25) is 0 Å². The van der Waals surface area contributed by atoms with Crippen molar-refractivity contribution in [2.24, 2.45) is 5.92 Å². The van der Waals surface area contributed by atoms with E-state index in [0.717, 1.165) is 34.0 Å². The Morgan fingerprint density at radius 3 is 2.53 bits per heavy atom. The largest absolute Gasteiger partial charge is 0.478 e. The third-order valence-corrected chi connectivity index (χ3v) is 8.56. The number of sulfonamides is 1. The van der Waals surface area contributed by atoms with Crippen LogP contribution in [0.4, 0.5) is 11.4 Å². The molecule has 0 spiro atoms. The molecule has 0 bridgehead atoms. The Morgan fingerprint density at radius 1 is 0.944 bits per heavy atom. The number of rotatable bonds is 5. The van der Waals surface area contributed by atoms with Crippen LogP contribution in [0.1, 0.15) is 39.9 Å². The normalized spacial score (nSPS) is 20.4. The number of allylic oxidation sites excluding steroid dienone is 2. The summed E-state index contributed by atoms with van der Waals surface area (Å²) in [4.78, 5) is 11.5. The zero-order chi connectivity index (χ0) is 24.9. The van der Waals surface area contributed by atoms with E-state index < -0.39 is 16.0 Å². The zero-order valence-electron chi connectivity index (χ0n) is 19.3. The van der Waals surface area contributed by atoms with Crippen LogP contribution in [-0.2, 0) is 10.0 Å². The standard InChI is InChI=1S/C29H24N2O4S/c32-29(33)20-13-11-19(12-14-20)28-24-9-4-8-23(24)25-17-21(15-16-26(25)30-28)36(34,35)31-27-10-3-6-18-5-1-2-7-22(18)27/h1-8,10-17,23-24,28,30-31H,9H2,(H,32,33)/t23-,24+,28+/m0/s1. The molecule has 3 N–H and O–H groups in total. The lowest BCUT2D eigenvalue weighted by atomic mass is 9.77. The van der Waals surface area contributed by atoms with E-state index >= 15 is 0 Å². The van der Waals surface area contributed by atoms with Crippen LogP contribution < -0.4 is 10.0 Å². The van der Waals surface area contributed by atoms with Gasteiger partial charge in [0.15, 0.2) is 0 Å². The van der Waals surface area contributed by atoms with Gasteiger partial charge >= 0.3 is 5.97 Å². The van der Waals surface area contributed by atoms with Crippen LogP contribution in [0.25, 0.3) is 10.8 Å². The van der Waals surface area contributed by atoms with Crippen LogP contribution >= 0.6 is 0 Å². The number of benzene rings is 4. The smallest absolute Gasteiger partial charge is 0.335 e. The molecule has 7 heteroatoms. The molecule has 0 unspecified atom stereocenters. The van der Waals surface area contributed by atoms with Crippen molar-refractivity contribution >= 4 is 38.1 Å². The van der Waals surface area contributed by atoms with Crippen molar-refractivity contribution in [3.05, 3.63) is 114 Å². The van der Waals surface area contributed by atoms with E-state index in [0.29, 0.717) is 5.69 Å². The molecule has 0 saturated carbocycles. The summed E-state index contributed by atoms with van der Waals surface area (Å²) in [6.07, 6.45) is 5.14. The third kappa shape index (κ3) is 3.82. The second kappa shape index (κ2) is 8.53. The van der Waals surface area contributed by atoms with Crippen molar-refractivity contribution in [3.63, 3.8) is 0 Å². The minimum Gasteiger partial charge on any atom is -0.478 e. The molecule has 3 atom stereocenters. The summed E-state index contributed by atoms with van der Waals surface area (Å²) in [7, 11) is -3.80. The Hall–Kier alpha value is -4.10. The molecular formula is C29H24N2O4S. The topological polar surface area (TPSA) is 95.5 Å². The lowest BCUT2D eigenvalue weighted by Gasteiger charge is -2.37. The average Bonchev–Trinajstić information content (AvgIpc) is 3.38. The summed E-state index contributed by atoms with van der Waals surface area (Å²) in [6, 6.07) is 25.4. The Balaban J connectivity index is 1.33. The predicted molar refractivity (Wildman–Crippen MR) is 141 cm³/mol. The van der Waals surface area contributed by atoms with E-state index in [4.69, 9.17) is 0 Å². The van der Waals surface area contributed by atoms with Crippen LogP contribution in [0.15, 0.2) is 102 Å². The maximum absolute atomic E-state index is 13.4. The highest BCUT2D eigenvalue weighted by Gasteiger charge is 2.38. The van der Waals surface area contributed by atoms with E-state index in [2.05, 4.69) is 22.2 Å². The molecule has 0 saturated heterocycles. The van der Waals surface area contributed by atoms with Crippen molar-refractivity contribution in [1.82, 2.24) is 0 Å². The molecule has 0 aromatic heterocycles. The van der Waals surface area contributed by atoms with Crippen molar-refractivity contribution in [2.45, 2.75) is 23.3 Å². The van der Waals surface area contributed by atoms with E-state index in [9.17, 15) is 18.3 Å². The molecule has 180 valence electrons. The van der Waals surface area contributed by atoms with E-state index in [1.165, 1.54) is 0 Å². The number of carboxylic acids is 1. The Morgan fingerprint density at radius 2 is 1.72 bits per heavy atom. The van der Waals surface area contributed by atoms with Gasteiger partial charge in [0, 0.05) is 17.0 Å². The maximum Gasteiger partial charge on any atom is 0.335 e. The number of nitrogens with one attached hydrogen (secondary N) is 2. The van der Waals surface area contributed by atoms with Gasteiger partial charge in [0.1, 0.15) is 0 Å². The van der Waals surface area contributed by atoms with Gasteiger partial charge in [-0.15, -0.1) is 0 Å². The molecular weight excluding hydrogens is 472 g/mol. The molecule has 2 aliphatic rings. The van der Waals surface area contributed by atoms with E-state index in [-0.39, 0.29) is 28.3 Å². The first-order valence-corrected chi connectivity index (χ1v) is 13.3. The molecule has 0 fully saturated rings. The van der Waals surface area contributed by atoms with Gasteiger partial charge in [-0.3, -0.25) is 4.72 Å². The molecule has 1 aliphatic heterocycles. The second-order valence-corrected chi connectivity index (χ2v) is 11.0. The fourth-order valence-electron chi connectivity index (χ4n) is 5.42. The highest BCUT2D eigenvalue weighted by molar-refractivity contribution is 7.92. The lowest BCUT2D eigenvalue weighted by Crippen LogP contribution is -2.29. The third-order valence-electron chi connectivity index (χ3n) is 7.20. The zero-order valence-corrected chi connectivity index (χ0v) is 20.1. The molecule has 4 aromatic rings. The number of anilines is 2. The van der Waals surface area contributed by atoms with Crippen molar-refractivity contribution in [3.8, 4) is 0 Å². The van der Waals surface area contributed by atoms with Crippen LogP contribution in [0.5, 0.6) is 0 Å². The first-order valence-electron chi connectivity index (χ1n) is 11.8. The molecule has 0 amide bonds. The minimum atomic E-state index is -3.80. The van der Waals surface area contributed by atoms with Gasteiger partial charge in [0.05, 0.1) is 22.2 Å². The van der Waals surface area contributed by atoms with Gasteiger partial charge in [-0.1, -0.05) is 60.7 Å². The summed E-state index contributed by atoms with van der Waals surface area (Å²) < 4.78 is 29.6. The van der Waals surface area contributed by atoms with Gasteiger partial charge in [-0.2, -0.15) is 0 Å². The number of fused-ring (bicyclic) bond motifs is 4. The molecule has 36 heavy (non-hydrogen) atoms. The Bertz CT molecular complexity index is 1620. The fraction of sp³-hybridized carbons (Fsp3) is 0.138. The van der Waals surface area contributed by atoms with Crippen molar-refractivity contribution in [1.29, 1.82) is 0 Å². The van der Waals surface area contributed by atoms with Crippen molar-refractivity contribution in [2.75, 3.05) is 10.0 Å². The van der Waals surface area contributed by atoms with Crippen LogP contribution in [-0.4, -0.2) is 19.5 Å². The SMILES string of the molecule is O=C(O)c1ccc([C@H]2Nc3ccc(S(=O)(=O)Nc4cccc5ccccc45)cc3[C@H]3C=CC[C@H]32)cc1. The predicted octanol–water partition coefficient (Wildman–Crippen LogP) is 6.17. The van der Waals surface area contributed by atoms with E-state index in [1.54, 1.807) is 30.3 Å². The molecule has 6 rings (SSSR count). The van der Waals surface area contributed by atoms with Gasteiger partial charge in [0.25, 0.3) is 10.0 Å². The van der Waals surface area contributed by atoms with Gasteiger partial charge in [-0.05, 0) is 65.3 Å². The highest BCUT2D eigenvalue weighted by atomic mass is 32.2. The quantitative estimate of drug-likeness (QED) is 0.287. The lowest BCUT2D eigenvalue weighted by molar-refractivity contribution is 0.0697. The number of hydrogen-bond acceptors (Lipinski definition) is 4. The number of carbonyl (C=O) groups is 1. The summed E-state index contributed by atoms with van der Waals surface area (Å²) >= 11 is 0. The van der Waals surface area contributed by atoms with E-state index in [1.807, 2.05) is 54.6 Å². The maximum atomic E-state index is 13.4. The first kappa shape index (κ1) is 22.4. The van der Waals surface area contributed by atoms with Gasteiger partial charge < -0.3 is 10.4 Å². The summed E-state index contributed by atoms with van der Waals surface area (Å²) in [5.74, 6) is -0.676. The average molecular weight is 497 g/mol. The Kier molecular flexibility index (Phi) is 5.30. The number of aromatic carboxylic acids is 1. The summed E-state index contributed by atoms with van der Waals surface area (Å²) in [6.45, 7) is 0. The first-order chi connectivity index (χ1) is 17.4. The second-order valence-electron chi connectivity index (χ2n) is 9.28. The monoisotopic (exact) mass is 496 g/mol. The molecule has 1 heterocycles. The van der Waals surface area contributed by atoms with Gasteiger partial charge in [0.2, 0.25) is 0 Å². The number of hydrogen-bond donors (Lipinski definition) is 3. The minimum absolute atomic E-state index is 0.00314.